The summed E-state index contributed by atoms with van der Waals surface area (Å²) >= 11 is 20.2. The molecule has 0 saturated heterocycles. The van der Waals surface area contributed by atoms with Crippen molar-refractivity contribution in [2.75, 3.05) is 13.2 Å². The zero-order valence-corrected chi connectivity index (χ0v) is 22.5. The number of carbonyl (C=O) groups excluding carboxylic acids is 1. The van der Waals surface area contributed by atoms with Gasteiger partial charge in [-0.3, -0.25) is 0 Å². The molecule has 192 valence electrons. The molecule has 2 aromatic rings. The Balaban J connectivity index is 1.49. The van der Waals surface area contributed by atoms with Crippen LogP contribution in [0, 0.1) is 16.7 Å². The van der Waals surface area contributed by atoms with Gasteiger partial charge in [0, 0.05) is 20.3 Å². The normalized spacial score (nSPS) is 23.7. The molecule has 0 amide bonds. The number of hydrogen-bond acceptors (Lipinski definition) is 7. The third kappa shape index (κ3) is 8.41. The topological polar surface area (TPSA) is 96.2 Å². The summed E-state index contributed by atoms with van der Waals surface area (Å²) < 4.78 is 5.12. The Labute approximate surface area is 224 Å². The van der Waals surface area contributed by atoms with Crippen molar-refractivity contribution < 1.29 is 19.7 Å². The van der Waals surface area contributed by atoms with Crippen molar-refractivity contribution in [3.8, 4) is 0 Å². The Kier molecular flexibility index (Phi) is 10.4. The minimum atomic E-state index is -1.48. The highest BCUT2D eigenvalue weighted by molar-refractivity contribution is 7.13. The number of ether oxygens (including phenoxy) is 1. The number of aryl methyl sites for hydroxylation is 2. The van der Waals surface area contributed by atoms with Crippen LogP contribution >= 0.6 is 46.1 Å². The molecule has 6 nitrogen and oxygen atoms in total. The second kappa shape index (κ2) is 12.8. The SMILES string of the molecule is CC(O)(CN=O)COC(=O)c1ccc(CCC[C@@H]2[C@@H](CCc3cc(Cl)cc(Cl)c3)[C@H](O)C[C@H]2Cl)s1. The molecule has 3 rings (SSSR count). The van der Waals surface area contributed by atoms with E-state index in [1.165, 1.54) is 18.3 Å². The summed E-state index contributed by atoms with van der Waals surface area (Å²) in [5.74, 6) is -0.217. The molecule has 0 aliphatic heterocycles. The van der Waals surface area contributed by atoms with Gasteiger partial charge in [-0.15, -0.1) is 22.9 Å². The van der Waals surface area contributed by atoms with Gasteiger partial charge in [0.05, 0.1) is 6.10 Å². The molecule has 5 atom stereocenters. The standard InChI is InChI=1S/C25H30Cl3NO5S/c1-25(32,13-29-33)14-34-24(31)23-8-6-18(35-23)3-2-4-19-20(22(30)12-21(19)28)7-5-15-9-16(26)11-17(27)10-15/h6,8-11,19-22,30,32H,2-5,7,12-14H2,1H3/t19-,20-,21-,22-,25?/m1/s1. The number of rotatable bonds is 12. The first kappa shape index (κ1) is 28.4. The number of carbonyl (C=O) groups is 1. The van der Waals surface area contributed by atoms with E-state index in [9.17, 15) is 19.9 Å². The summed E-state index contributed by atoms with van der Waals surface area (Å²) in [6, 6.07) is 9.12. The van der Waals surface area contributed by atoms with Crippen LogP contribution in [0.15, 0.2) is 35.5 Å². The summed E-state index contributed by atoms with van der Waals surface area (Å²) in [6.07, 6.45) is 4.30. The number of nitrogens with zero attached hydrogens (tertiary/aromatic N) is 1. The molecular formula is C25H30Cl3NO5S. The Morgan fingerprint density at radius 1 is 1.17 bits per heavy atom. The van der Waals surface area contributed by atoms with Gasteiger partial charge in [0.1, 0.15) is 23.6 Å². The van der Waals surface area contributed by atoms with Crippen molar-refractivity contribution in [1.29, 1.82) is 0 Å². The molecule has 35 heavy (non-hydrogen) atoms. The fourth-order valence-corrected chi connectivity index (χ4v) is 6.64. The van der Waals surface area contributed by atoms with Gasteiger partial charge in [0.15, 0.2) is 0 Å². The smallest absolute Gasteiger partial charge is 0.348 e. The summed E-state index contributed by atoms with van der Waals surface area (Å²) in [7, 11) is 0. The van der Waals surface area contributed by atoms with Crippen LogP contribution < -0.4 is 0 Å². The minimum absolute atomic E-state index is 0.0690. The van der Waals surface area contributed by atoms with Crippen LogP contribution in [0.1, 0.15) is 52.7 Å². The number of aliphatic hydroxyl groups excluding tert-OH is 1. The molecule has 0 spiro atoms. The van der Waals surface area contributed by atoms with E-state index in [0.717, 1.165) is 42.5 Å². The van der Waals surface area contributed by atoms with E-state index in [1.54, 1.807) is 12.1 Å². The number of thiophene rings is 1. The number of benzene rings is 1. The van der Waals surface area contributed by atoms with Crippen LogP contribution in [0.25, 0.3) is 0 Å². The molecule has 1 unspecified atom stereocenters. The Bertz CT molecular complexity index is 994. The highest BCUT2D eigenvalue weighted by atomic mass is 35.5. The van der Waals surface area contributed by atoms with Crippen molar-refractivity contribution in [3.05, 3.63) is 60.6 Å². The molecule has 1 heterocycles. The maximum atomic E-state index is 12.3. The number of hydrogen-bond donors (Lipinski definition) is 2. The third-order valence-corrected chi connectivity index (χ3v) is 8.47. The summed E-state index contributed by atoms with van der Waals surface area (Å²) in [4.78, 5) is 24.1. The minimum Gasteiger partial charge on any atom is -0.458 e. The molecule has 0 radical (unpaired) electrons. The molecule has 1 aromatic carbocycles. The average molecular weight is 563 g/mol. The lowest BCUT2D eigenvalue weighted by Crippen LogP contribution is -2.35. The van der Waals surface area contributed by atoms with Gasteiger partial charge in [-0.05, 0) is 93.2 Å². The second-order valence-electron chi connectivity index (χ2n) is 9.48. The number of esters is 1. The average Bonchev–Trinajstić information content (AvgIpc) is 3.34. The van der Waals surface area contributed by atoms with Gasteiger partial charge in [-0.1, -0.05) is 28.4 Å². The van der Waals surface area contributed by atoms with Crippen molar-refractivity contribution in [1.82, 2.24) is 0 Å². The Morgan fingerprint density at radius 2 is 1.89 bits per heavy atom. The molecule has 1 fully saturated rings. The maximum Gasteiger partial charge on any atom is 0.348 e. The number of aliphatic hydroxyl groups is 2. The highest BCUT2D eigenvalue weighted by Crippen LogP contribution is 2.42. The molecule has 1 aliphatic rings. The lowest BCUT2D eigenvalue weighted by atomic mass is 9.85. The van der Waals surface area contributed by atoms with Gasteiger partial charge < -0.3 is 14.9 Å². The van der Waals surface area contributed by atoms with Crippen LogP contribution in [-0.4, -0.2) is 46.4 Å². The molecule has 2 N–H and O–H groups in total. The zero-order valence-electron chi connectivity index (χ0n) is 19.5. The third-order valence-electron chi connectivity index (χ3n) is 6.41. The predicted molar refractivity (Wildman–Crippen MR) is 141 cm³/mol. The van der Waals surface area contributed by atoms with Crippen LogP contribution in [-0.2, 0) is 17.6 Å². The van der Waals surface area contributed by atoms with E-state index in [-0.39, 0.29) is 30.4 Å². The van der Waals surface area contributed by atoms with E-state index < -0.39 is 17.7 Å². The van der Waals surface area contributed by atoms with Gasteiger partial charge in [0.2, 0.25) is 0 Å². The summed E-state index contributed by atoms with van der Waals surface area (Å²) in [5, 5.41) is 24.3. The lowest BCUT2D eigenvalue weighted by Gasteiger charge is -2.23. The van der Waals surface area contributed by atoms with E-state index in [1.807, 2.05) is 18.2 Å². The molecule has 10 heteroatoms. The van der Waals surface area contributed by atoms with E-state index in [0.29, 0.717) is 21.3 Å². The quantitative estimate of drug-likeness (QED) is 0.180. The molecular weight excluding hydrogens is 533 g/mol. The van der Waals surface area contributed by atoms with Crippen molar-refractivity contribution in [3.63, 3.8) is 0 Å². The van der Waals surface area contributed by atoms with Crippen molar-refractivity contribution in [2.24, 2.45) is 17.0 Å². The van der Waals surface area contributed by atoms with E-state index in [4.69, 9.17) is 39.5 Å². The van der Waals surface area contributed by atoms with E-state index in [2.05, 4.69) is 5.18 Å². The zero-order chi connectivity index (χ0) is 25.6. The fraction of sp³-hybridized carbons (Fsp3) is 0.560. The number of alkyl halides is 1. The van der Waals surface area contributed by atoms with Crippen LogP contribution in [0.2, 0.25) is 10.0 Å². The van der Waals surface area contributed by atoms with Gasteiger partial charge in [0.25, 0.3) is 0 Å². The van der Waals surface area contributed by atoms with E-state index >= 15 is 0 Å². The molecule has 1 aromatic heterocycles. The number of nitroso groups, excluding NO2 is 1. The molecule has 0 bridgehead atoms. The number of halogens is 3. The van der Waals surface area contributed by atoms with Crippen LogP contribution in [0.4, 0.5) is 0 Å². The highest BCUT2D eigenvalue weighted by Gasteiger charge is 2.40. The second-order valence-corrected chi connectivity index (χ2v) is 12.1. The summed E-state index contributed by atoms with van der Waals surface area (Å²) in [5.41, 5.74) is -0.426. The van der Waals surface area contributed by atoms with Crippen molar-refractivity contribution in [2.45, 2.75) is 62.5 Å². The Morgan fingerprint density at radius 3 is 2.57 bits per heavy atom. The first-order valence-electron chi connectivity index (χ1n) is 11.6. The Hall–Kier alpha value is -1.22. The summed E-state index contributed by atoms with van der Waals surface area (Å²) in [6.45, 7) is 0.749. The fourth-order valence-electron chi connectivity index (χ4n) is 4.63. The van der Waals surface area contributed by atoms with Crippen LogP contribution in [0.5, 0.6) is 0 Å². The molecule has 1 aliphatic carbocycles. The van der Waals surface area contributed by atoms with Gasteiger partial charge >= 0.3 is 5.97 Å². The van der Waals surface area contributed by atoms with Crippen LogP contribution in [0.3, 0.4) is 0 Å². The largest absolute Gasteiger partial charge is 0.458 e. The van der Waals surface area contributed by atoms with Crippen molar-refractivity contribution >= 4 is 52.1 Å². The first-order valence-corrected chi connectivity index (χ1v) is 13.6. The molecule has 1 saturated carbocycles. The predicted octanol–water partition coefficient (Wildman–Crippen LogP) is 6.29. The maximum absolute atomic E-state index is 12.3. The first-order chi connectivity index (χ1) is 16.6. The van der Waals surface area contributed by atoms with Gasteiger partial charge in [-0.2, -0.15) is 4.91 Å². The monoisotopic (exact) mass is 561 g/mol. The lowest BCUT2D eigenvalue weighted by molar-refractivity contribution is -0.0149. The van der Waals surface area contributed by atoms with Gasteiger partial charge in [-0.25, -0.2) is 4.79 Å².